The second-order valence-electron chi connectivity index (χ2n) is 5.21. The second-order valence-corrected chi connectivity index (χ2v) is 5.21. The van der Waals surface area contributed by atoms with E-state index in [0.717, 1.165) is 24.2 Å². The lowest BCUT2D eigenvalue weighted by Gasteiger charge is -2.07. The highest BCUT2D eigenvalue weighted by atomic mass is 16.5. The first-order valence-electron chi connectivity index (χ1n) is 6.87. The number of hydrogen-bond donors (Lipinski definition) is 1. The van der Waals surface area contributed by atoms with Gasteiger partial charge in [-0.3, -0.25) is 4.68 Å². The molecule has 0 spiro atoms. The predicted octanol–water partition coefficient (Wildman–Crippen LogP) is 2.49. The topological polar surface area (TPSA) is 82.8 Å². The first-order valence-corrected chi connectivity index (χ1v) is 6.87. The molecular weight excluding hydrogens is 242 g/mol. The Morgan fingerprint density at radius 2 is 2.00 bits per heavy atom. The number of aromatic nitrogens is 4. The summed E-state index contributed by atoms with van der Waals surface area (Å²) >= 11 is 0. The van der Waals surface area contributed by atoms with Crippen molar-refractivity contribution < 1.29 is 4.52 Å². The van der Waals surface area contributed by atoms with E-state index in [1.54, 1.807) is 17.9 Å². The molecule has 0 saturated heterocycles. The molecule has 102 valence electrons. The lowest BCUT2D eigenvalue weighted by atomic mass is 10.00. The third kappa shape index (κ3) is 2.34. The quantitative estimate of drug-likeness (QED) is 0.840. The van der Waals surface area contributed by atoms with Crippen LogP contribution in [0.1, 0.15) is 50.3 Å². The number of nitrogens with two attached hydrogens (primary N) is 1. The third-order valence-electron chi connectivity index (χ3n) is 3.88. The standard InChI is InChI=1S/C13H19N5O/c1-18-11(14)10(8-15-18)13-16-12(17-19-13)9-6-4-2-3-5-7-9/h8-9H,2-7,14H2,1H3. The van der Waals surface area contributed by atoms with Gasteiger partial charge in [-0.2, -0.15) is 10.1 Å². The molecule has 0 bridgehead atoms. The number of rotatable bonds is 2. The van der Waals surface area contributed by atoms with Crippen LogP contribution in [0.5, 0.6) is 0 Å². The molecule has 2 heterocycles. The summed E-state index contributed by atoms with van der Waals surface area (Å²) in [6.45, 7) is 0. The Hall–Kier alpha value is -1.85. The average molecular weight is 261 g/mol. The summed E-state index contributed by atoms with van der Waals surface area (Å²) in [5.74, 6) is 2.28. The molecule has 0 amide bonds. The molecule has 0 unspecified atom stereocenters. The largest absolute Gasteiger partial charge is 0.383 e. The van der Waals surface area contributed by atoms with Gasteiger partial charge in [0, 0.05) is 13.0 Å². The monoisotopic (exact) mass is 261 g/mol. The van der Waals surface area contributed by atoms with E-state index < -0.39 is 0 Å². The van der Waals surface area contributed by atoms with E-state index in [9.17, 15) is 0 Å². The maximum atomic E-state index is 5.92. The number of anilines is 1. The lowest BCUT2D eigenvalue weighted by molar-refractivity contribution is 0.410. The number of hydrogen-bond acceptors (Lipinski definition) is 5. The second kappa shape index (κ2) is 5.03. The molecule has 0 aliphatic heterocycles. The highest BCUT2D eigenvalue weighted by molar-refractivity contribution is 5.66. The van der Waals surface area contributed by atoms with Gasteiger partial charge < -0.3 is 10.3 Å². The van der Waals surface area contributed by atoms with Crippen LogP contribution in [-0.4, -0.2) is 19.9 Å². The van der Waals surface area contributed by atoms with Crippen LogP contribution < -0.4 is 5.73 Å². The van der Waals surface area contributed by atoms with Crippen LogP contribution in [0.4, 0.5) is 5.82 Å². The molecule has 2 aromatic rings. The normalized spacial score (nSPS) is 17.5. The number of nitrogens with zero attached hydrogens (tertiary/aromatic N) is 4. The van der Waals surface area contributed by atoms with Crippen molar-refractivity contribution in [1.29, 1.82) is 0 Å². The minimum absolute atomic E-state index is 0.429. The minimum Gasteiger partial charge on any atom is -0.383 e. The van der Waals surface area contributed by atoms with E-state index in [0.29, 0.717) is 17.6 Å². The number of aryl methyl sites for hydroxylation is 1. The van der Waals surface area contributed by atoms with Crippen LogP contribution in [0.3, 0.4) is 0 Å². The summed E-state index contributed by atoms with van der Waals surface area (Å²) in [5.41, 5.74) is 6.64. The molecule has 6 heteroatoms. The maximum absolute atomic E-state index is 5.92. The van der Waals surface area contributed by atoms with Gasteiger partial charge in [0.2, 0.25) is 0 Å². The maximum Gasteiger partial charge on any atom is 0.263 e. The first kappa shape index (κ1) is 12.2. The fourth-order valence-electron chi connectivity index (χ4n) is 2.66. The van der Waals surface area contributed by atoms with Crippen molar-refractivity contribution in [3.8, 4) is 11.5 Å². The fourth-order valence-corrected chi connectivity index (χ4v) is 2.66. The van der Waals surface area contributed by atoms with Gasteiger partial charge in [-0.05, 0) is 12.8 Å². The molecule has 0 atom stereocenters. The van der Waals surface area contributed by atoms with Crippen LogP contribution in [0.2, 0.25) is 0 Å². The summed E-state index contributed by atoms with van der Waals surface area (Å²) in [6, 6.07) is 0. The average Bonchev–Trinajstić information content (AvgIpc) is 2.90. The minimum atomic E-state index is 0.429. The Morgan fingerprint density at radius 3 is 2.63 bits per heavy atom. The van der Waals surface area contributed by atoms with Crippen LogP contribution in [-0.2, 0) is 7.05 Å². The van der Waals surface area contributed by atoms with Crippen LogP contribution >= 0.6 is 0 Å². The molecule has 2 aromatic heterocycles. The Balaban J connectivity index is 1.84. The summed E-state index contributed by atoms with van der Waals surface area (Å²) in [6.07, 6.45) is 9.11. The summed E-state index contributed by atoms with van der Waals surface area (Å²) in [4.78, 5) is 4.51. The summed E-state index contributed by atoms with van der Waals surface area (Å²) in [5, 5.41) is 8.22. The number of nitrogen functional groups attached to an aromatic ring is 1. The van der Waals surface area contributed by atoms with Crippen LogP contribution in [0.15, 0.2) is 10.7 Å². The Labute approximate surface area is 112 Å². The van der Waals surface area contributed by atoms with Gasteiger partial charge in [0.1, 0.15) is 11.4 Å². The zero-order valence-corrected chi connectivity index (χ0v) is 11.2. The van der Waals surface area contributed by atoms with E-state index in [-0.39, 0.29) is 0 Å². The van der Waals surface area contributed by atoms with Gasteiger partial charge in [-0.1, -0.05) is 30.8 Å². The summed E-state index contributed by atoms with van der Waals surface area (Å²) in [7, 11) is 1.79. The zero-order valence-electron chi connectivity index (χ0n) is 11.2. The molecule has 1 aliphatic rings. The summed E-state index contributed by atoms with van der Waals surface area (Å²) < 4.78 is 6.95. The fraction of sp³-hybridized carbons (Fsp3) is 0.615. The van der Waals surface area contributed by atoms with E-state index in [2.05, 4.69) is 15.2 Å². The molecular formula is C13H19N5O. The van der Waals surface area contributed by atoms with Crippen LogP contribution in [0.25, 0.3) is 11.5 Å². The molecule has 1 fully saturated rings. The molecule has 0 radical (unpaired) electrons. The van der Waals surface area contributed by atoms with Gasteiger partial charge in [-0.15, -0.1) is 0 Å². The van der Waals surface area contributed by atoms with Gasteiger partial charge in [0.15, 0.2) is 5.82 Å². The first-order chi connectivity index (χ1) is 9.25. The van der Waals surface area contributed by atoms with Crippen molar-refractivity contribution in [3.63, 3.8) is 0 Å². The van der Waals surface area contributed by atoms with Crippen molar-refractivity contribution in [2.75, 3.05) is 5.73 Å². The van der Waals surface area contributed by atoms with E-state index in [1.165, 1.54) is 25.7 Å². The molecule has 1 aliphatic carbocycles. The molecule has 19 heavy (non-hydrogen) atoms. The van der Waals surface area contributed by atoms with Crippen molar-refractivity contribution in [2.24, 2.45) is 7.05 Å². The Kier molecular flexibility index (Phi) is 3.23. The lowest BCUT2D eigenvalue weighted by Crippen LogP contribution is -2.00. The SMILES string of the molecule is Cn1ncc(-c2nc(C3CCCCCC3)no2)c1N. The van der Waals surface area contributed by atoms with Gasteiger partial charge in [0.25, 0.3) is 5.89 Å². The van der Waals surface area contributed by atoms with Crippen molar-refractivity contribution in [3.05, 3.63) is 12.0 Å². The Morgan fingerprint density at radius 1 is 1.26 bits per heavy atom. The van der Waals surface area contributed by atoms with E-state index in [4.69, 9.17) is 10.3 Å². The van der Waals surface area contributed by atoms with Gasteiger partial charge in [-0.25, -0.2) is 0 Å². The van der Waals surface area contributed by atoms with Gasteiger partial charge >= 0.3 is 0 Å². The predicted molar refractivity (Wildman–Crippen MR) is 71.4 cm³/mol. The smallest absolute Gasteiger partial charge is 0.263 e. The molecule has 1 saturated carbocycles. The molecule has 2 N–H and O–H groups in total. The van der Waals surface area contributed by atoms with Crippen molar-refractivity contribution in [2.45, 2.75) is 44.4 Å². The third-order valence-corrected chi connectivity index (χ3v) is 3.88. The van der Waals surface area contributed by atoms with Crippen molar-refractivity contribution >= 4 is 5.82 Å². The Bertz CT molecular complexity index is 551. The highest BCUT2D eigenvalue weighted by Gasteiger charge is 2.22. The molecule has 0 aromatic carbocycles. The zero-order chi connectivity index (χ0) is 13.2. The van der Waals surface area contributed by atoms with Gasteiger partial charge in [0.05, 0.1) is 6.20 Å². The molecule has 3 rings (SSSR count). The van der Waals surface area contributed by atoms with Crippen molar-refractivity contribution in [1.82, 2.24) is 19.9 Å². The van der Waals surface area contributed by atoms with E-state index in [1.807, 2.05) is 0 Å². The highest BCUT2D eigenvalue weighted by Crippen LogP contribution is 2.31. The van der Waals surface area contributed by atoms with Crippen LogP contribution in [0, 0.1) is 0 Å². The molecule has 6 nitrogen and oxygen atoms in total. The van der Waals surface area contributed by atoms with E-state index >= 15 is 0 Å².